The van der Waals surface area contributed by atoms with Crippen LogP contribution in [0.5, 0.6) is 11.6 Å². The van der Waals surface area contributed by atoms with Gasteiger partial charge in [0.05, 0.1) is 11.4 Å². The summed E-state index contributed by atoms with van der Waals surface area (Å²) in [6.07, 6.45) is -3.01. The van der Waals surface area contributed by atoms with Gasteiger partial charge in [-0.05, 0) is 60.1 Å². The molecule has 2 aromatic rings. The fourth-order valence-corrected chi connectivity index (χ4v) is 2.68. The van der Waals surface area contributed by atoms with E-state index in [4.69, 9.17) is 9.47 Å². The molecule has 29 heavy (non-hydrogen) atoms. The lowest BCUT2D eigenvalue weighted by atomic mass is 10.1. The van der Waals surface area contributed by atoms with E-state index < -0.39 is 28.8 Å². The Morgan fingerprint density at radius 2 is 1.48 bits per heavy atom. The average molecular weight is 410 g/mol. The van der Waals surface area contributed by atoms with E-state index in [0.717, 1.165) is 18.5 Å². The minimum atomic E-state index is -4.69. The number of hydrogen-bond donors (Lipinski definition) is 0. The maximum atomic E-state index is 13.9. The number of hydrogen-bond acceptors (Lipinski definition) is 4. The fraction of sp³-hybridized carbons (Fsp3) is 0.545. The SMILES string of the molecule is CCCc1cccc(-c2cc(OC(C)(C)C)c(C(F)(F)F)c(OC(C)(C)C)n2)n1. The number of rotatable bonds is 5. The van der Waals surface area contributed by atoms with Gasteiger partial charge in [0.25, 0.3) is 0 Å². The summed E-state index contributed by atoms with van der Waals surface area (Å²) in [5.74, 6) is -0.832. The molecule has 0 N–H and O–H groups in total. The molecule has 0 aliphatic heterocycles. The molecule has 2 aromatic heterocycles. The highest BCUT2D eigenvalue weighted by molar-refractivity contribution is 5.61. The fourth-order valence-electron chi connectivity index (χ4n) is 2.68. The molecule has 0 fully saturated rings. The molecular formula is C22H29F3N2O2. The minimum absolute atomic E-state index is 0.273. The molecule has 4 nitrogen and oxygen atoms in total. The number of nitrogens with zero attached hydrogens (tertiary/aromatic N) is 2. The Balaban J connectivity index is 2.74. The van der Waals surface area contributed by atoms with Crippen LogP contribution >= 0.6 is 0 Å². The van der Waals surface area contributed by atoms with E-state index in [1.807, 2.05) is 19.1 Å². The maximum absolute atomic E-state index is 13.9. The lowest BCUT2D eigenvalue weighted by molar-refractivity contribution is -0.142. The molecule has 0 spiro atoms. The Kier molecular flexibility index (Phi) is 6.50. The van der Waals surface area contributed by atoms with Crippen LogP contribution in [0.1, 0.15) is 66.1 Å². The first-order chi connectivity index (χ1) is 13.2. The van der Waals surface area contributed by atoms with E-state index in [1.54, 1.807) is 47.6 Å². The second-order valence-electron chi connectivity index (χ2n) is 8.88. The van der Waals surface area contributed by atoms with E-state index in [2.05, 4.69) is 9.97 Å². The standard InChI is InChI=1S/C22H29F3N2O2/c1-8-10-14-11-9-12-15(26-14)16-13-17(28-20(2,3)4)18(22(23,24)25)19(27-16)29-21(5,6)7/h9,11-13H,8,10H2,1-7H3. The van der Waals surface area contributed by atoms with Crippen LogP contribution in [0.3, 0.4) is 0 Å². The molecule has 0 amide bonds. The smallest absolute Gasteiger partial charge is 0.425 e. The van der Waals surface area contributed by atoms with Gasteiger partial charge in [0.1, 0.15) is 17.0 Å². The maximum Gasteiger partial charge on any atom is 0.425 e. The second-order valence-corrected chi connectivity index (χ2v) is 8.88. The first-order valence-electron chi connectivity index (χ1n) is 9.66. The van der Waals surface area contributed by atoms with Crippen molar-refractivity contribution in [1.82, 2.24) is 9.97 Å². The van der Waals surface area contributed by atoms with Gasteiger partial charge in [-0.1, -0.05) is 19.4 Å². The molecule has 2 heterocycles. The third kappa shape index (κ3) is 6.61. The van der Waals surface area contributed by atoms with Crippen molar-refractivity contribution in [2.45, 2.75) is 78.7 Å². The summed E-state index contributed by atoms with van der Waals surface area (Å²) in [6.45, 7) is 12.1. The van der Waals surface area contributed by atoms with Gasteiger partial charge in [-0.3, -0.25) is 4.98 Å². The Morgan fingerprint density at radius 3 is 2.00 bits per heavy atom. The van der Waals surface area contributed by atoms with Gasteiger partial charge in [-0.25, -0.2) is 4.98 Å². The molecule has 0 atom stereocenters. The minimum Gasteiger partial charge on any atom is -0.487 e. The monoisotopic (exact) mass is 410 g/mol. The first kappa shape index (κ1) is 23.0. The third-order valence-electron chi connectivity index (χ3n) is 3.63. The molecule has 2 rings (SSSR count). The van der Waals surface area contributed by atoms with Crippen LogP contribution in [0.25, 0.3) is 11.4 Å². The van der Waals surface area contributed by atoms with Gasteiger partial charge in [0.15, 0.2) is 5.56 Å². The average Bonchev–Trinajstić information content (AvgIpc) is 2.50. The zero-order chi connectivity index (χ0) is 22.0. The van der Waals surface area contributed by atoms with Crippen molar-refractivity contribution in [3.8, 4) is 23.0 Å². The van der Waals surface area contributed by atoms with E-state index in [0.29, 0.717) is 5.69 Å². The van der Waals surface area contributed by atoms with Gasteiger partial charge in [-0.15, -0.1) is 0 Å². The van der Waals surface area contributed by atoms with Gasteiger partial charge in [0, 0.05) is 11.8 Å². The van der Waals surface area contributed by atoms with Gasteiger partial charge < -0.3 is 9.47 Å². The summed E-state index contributed by atoms with van der Waals surface area (Å²) in [7, 11) is 0. The van der Waals surface area contributed by atoms with Crippen LogP contribution in [0.2, 0.25) is 0 Å². The van der Waals surface area contributed by atoms with Crippen molar-refractivity contribution >= 4 is 0 Å². The number of ether oxygens (including phenoxy) is 2. The van der Waals surface area contributed by atoms with Crippen molar-refractivity contribution in [2.75, 3.05) is 0 Å². The second kappa shape index (κ2) is 8.20. The number of alkyl halides is 3. The molecule has 0 bridgehead atoms. The van der Waals surface area contributed by atoms with Crippen molar-refractivity contribution in [3.05, 3.63) is 35.5 Å². The van der Waals surface area contributed by atoms with E-state index in [-0.39, 0.29) is 11.4 Å². The molecular weight excluding hydrogens is 381 g/mol. The molecule has 0 aliphatic rings. The predicted molar refractivity (Wildman–Crippen MR) is 107 cm³/mol. The van der Waals surface area contributed by atoms with Gasteiger partial charge in [-0.2, -0.15) is 13.2 Å². The summed E-state index contributed by atoms with van der Waals surface area (Å²) in [6, 6.07) is 6.72. The largest absolute Gasteiger partial charge is 0.487 e. The molecule has 0 aliphatic carbocycles. The van der Waals surface area contributed by atoms with E-state index >= 15 is 0 Å². The van der Waals surface area contributed by atoms with Crippen LogP contribution in [-0.4, -0.2) is 21.2 Å². The van der Waals surface area contributed by atoms with Crippen molar-refractivity contribution in [3.63, 3.8) is 0 Å². The van der Waals surface area contributed by atoms with Gasteiger partial charge in [0.2, 0.25) is 5.88 Å². The third-order valence-corrected chi connectivity index (χ3v) is 3.63. The predicted octanol–water partition coefficient (Wildman–Crippen LogP) is 6.47. The van der Waals surface area contributed by atoms with Crippen molar-refractivity contribution in [1.29, 1.82) is 0 Å². The summed E-state index contributed by atoms with van der Waals surface area (Å²) >= 11 is 0. The van der Waals surface area contributed by atoms with Crippen molar-refractivity contribution < 1.29 is 22.6 Å². The summed E-state index contributed by atoms with van der Waals surface area (Å²) in [4.78, 5) is 8.75. The Morgan fingerprint density at radius 1 is 0.862 bits per heavy atom. The summed E-state index contributed by atoms with van der Waals surface area (Å²) in [5.41, 5.74) is -1.13. The van der Waals surface area contributed by atoms with Crippen LogP contribution in [0, 0.1) is 0 Å². The summed E-state index contributed by atoms with van der Waals surface area (Å²) in [5, 5.41) is 0. The zero-order valence-corrected chi connectivity index (χ0v) is 18.1. The number of pyridine rings is 2. The molecule has 0 aromatic carbocycles. The summed E-state index contributed by atoms with van der Waals surface area (Å²) < 4.78 is 53.1. The molecule has 0 radical (unpaired) electrons. The molecule has 0 unspecified atom stereocenters. The Labute approximate surface area is 170 Å². The molecule has 0 saturated heterocycles. The van der Waals surface area contributed by atoms with Crippen LogP contribution < -0.4 is 9.47 Å². The molecule has 7 heteroatoms. The van der Waals surface area contributed by atoms with Gasteiger partial charge >= 0.3 is 6.18 Å². The Hall–Kier alpha value is -2.31. The Bertz CT molecular complexity index is 813. The van der Waals surface area contributed by atoms with Crippen LogP contribution in [0.15, 0.2) is 24.3 Å². The highest BCUT2D eigenvalue weighted by Gasteiger charge is 2.41. The lowest BCUT2D eigenvalue weighted by Crippen LogP contribution is -2.28. The molecule has 160 valence electrons. The van der Waals surface area contributed by atoms with Crippen molar-refractivity contribution in [2.24, 2.45) is 0 Å². The number of aromatic nitrogens is 2. The van der Waals surface area contributed by atoms with Crippen LogP contribution in [-0.2, 0) is 12.6 Å². The molecule has 0 saturated carbocycles. The first-order valence-corrected chi connectivity index (χ1v) is 9.66. The van der Waals surface area contributed by atoms with E-state index in [1.165, 1.54) is 6.07 Å². The topological polar surface area (TPSA) is 44.2 Å². The lowest BCUT2D eigenvalue weighted by Gasteiger charge is -2.28. The number of halogens is 3. The van der Waals surface area contributed by atoms with Crippen LogP contribution in [0.4, 0.5) is 13.2 Å². The zero-order valence-electron chi connectivity index (χ0n) is 18.1. The highest BCUT2D eigenvalue weighted by atomic mass is 19.4. The van der Waals surface area contributed by atoms with E-state index in [9.17, 15) is 13.2 Å². The normalized spacial score (nSPS) is 12.8. The number of aryl methyl sites for hydroxylation is 1. The quantitative estimate of drug-likeness (QED) is 0.567. The highest BCUT2D eigenvalue weighted by Crippen LogP contribution is 2.45.